The molecule has 0 radical (unpaired) electrons. The lowest BCUT2D eigenvalue weighted by atomic mass is 10.4. The van der Waals surface area contributed by atoms with Crippen LogP contribution in [0.3, 0.4) is 0 Å². The summed E-state index contributed by atoms with van der Waals surface area (Å²) in [6.45, 7) is 4.84. The van der Waals surface area contributed by atoms with E-state index >= 15 is 0 Å². The van der Waals surface area contributed by atoms with Gasteiger partial charge in [-0.25, -0.2) is 0 Å². The Hall–Kier alpha value is -0.0800. The van der Waals surface area contributed by atoms with E-state index < -0.39 is 0 Å². The molecule has 0 aromatic rings. The van der Waals surface area contributed by atoms with Gasteiger partial charge >= 0.3 is 0 Å². The minimum Gasteiger partial charge on any atom is -0.345 e. The molecular weight excluding hydrogens is 102 g/mol. The second kappa shape index (κ2) is 2.46. The second-order valence-electron chi connectivity index (χ2n) is 2.73. The van der Waals surface area contributed by atoms with Crippen molar-refractivity contribution in [3.8, 4) is 0 Å². The van der Waals surface area contributed by atoms with E-state index in [0.29, 0.717) is 4.48 Å². The molecule has 0 fully saturated rings. The van der Waals surface area contributed by atoms with Crippen LogP contribution in [0.2, 0.25) is 0 Å². The van der Waals surface area contributed by atoms with E-state index in [1.807, 2.05) is 21.0 Å². The number of aliphatic hydroxyl groups excluding tert-OH is 1. The molecule has 0 spiro atoms. The van der Waals surface area contributed by atoms with Crippen LogP contribution in [-0.4, -0.2) is 36.5 Å². The van der Waals surface area contributed by atoms with Crippen LogP contribution in [-0.2, 0) is 0 Å². The maximum atomic E-state index is 9.05. The van der Waals surface area contributed by atoms with Crippen molar-refractivity contribution >= 4 is 0 Å². The average Bonchev–Trinajstić information content (AvgIpc) is 1.67. The quantitative estimate of drug-likeness (QED) is 0.411. The zero-order chi connectivity index (χ0) is 6.78. The lowest BCUT2D eigenvalue weighted by Gasteiger charge is -2.30. The molecule has 1 unspecified atom stereocenters. The molecule has 0 aliphatic heterocycles. The van der Waals surface area contributed by atoms with Gasteiger partial charge in [0.1, 0.15) is 0 Å². The monoisotopic (exact) mass is 118 g/mol. The van der Waals surface area contributed by atoms with E-state index in [2.05, 4.69) is 6.92 Å². The van der Waals surface area contributed by atoms with Crippen molar-refractivity contribution in [2.24, 2.45) is 0 Å². The van der Waals surface area contributed by atoms with Gasteiger partial charge in [0.05, 0.1) is 20.6 Å². The van der Waals surface area contributed by atoms with E-state index in [-0.39, 0.29) is 6.23 Å². The first-order valence-electron chi connectivity index (χ1n) is 3.01. The van der Waals surface area contributed by atoms with Crippen molar-refractivity contribution < 1.29 is 9.59 Å². The van der Waals surface area contributed by atoms with Crippen LogP contribution in [0.25, 0.3) is 0 Å². The third-order valence-corrected chi connectivity index (χ3v) is 1.83. The van der Waals surface area contributed by atoms with Crippen LogP contribution in [0, 0.1) is 0 Å². The highest BCUT2D eigenvalue weighted by molar-refractivity contribution is 4.25. The van der Waals surface area contributed by atoms with Crippen molar-refractivity contribution in [2.75, 3.05) is 20.6 Å². The van der Waals surface area contributed by atoms with Gasteiger partial charge in [0.25, 0.3) is 0 Å². The fourth-order valence-corrected chi connectivity index (χ4v) is 0.264. The number of hydrogen-bond donors (Lipinski definition) is 1. The largest absolute Gasteiger partial charge is 0.345 e. The average molecular weight is 118 g/mol. The smallest absolute Gasteiger partial charge is 0.187 e. The summed E-state index contributed by atoms with van der Waals surface area (Å²) in [6.07, 6.45) is -0.250. The normalized spacial score (nSPS) is 16.1. The highest BCUT2D eigenvalue weighted by Crippen LogP contribution is 2.00. The standard InChI is InChI=1S/C6H16NO/c1-5-7(3,4)6(2)8/h6,8H,5H2,1-4H3/q+1. The molecule has 8 heavy (non-hydrogen) atoms. The molecule has 2 heteroatoms. The molecule has 0 heterocycles. The van der Waals surface area contributed by atoms with Crippen molar-refractivity contribution in [3.63, 3.8) is 0 Å². The Balaban J connectivity index is 3.71. The number of quaternary nitrogens is 1. The number of nitrogens with zero attached hydrogens (tertiary/aromatic N) is 1. The zero-order valence-corrected chi connectivity index (χ0v) is 6.18. The van der Waals surface area contributed by atoms with Gasteiger partial charge in [-0.05, 0) is 6.92 Å². The van der Waals surface area contributed by atoms with Crippen molar-refractivity contribution in [3.05, 3.63) is 0 Å². The number of rotatable bonds is 2. The first kappa shape index (κ1) is 7.92. The maximum Gasteiger partial charge on any atom is 0.187 e. The zero-order valence-electron chi connectivity index (χ0n) is 6.18. The SMILES string of the molecule is CC[N+](C)(C)C(C)O. The fourth-order valence-electron chi connectivity index (χ4n) is 0.264. The highest BCUT2D eigenvalue weighted by Gasteiger charge is 2.17. The van der Waals surface area contributed by atoms with E-state index in [1.165, 1.54) is 0 Å². The van der Waals surface area contributed by atoms with E-state index in [1.54, 1.807) is 0 Å². The van der Waals surface area contributed by atoms with Gasteiger partial charge in [-0.3, -0.25) is 0 Å². The Bertz CT molecular complexity index is 68.9. The number of aliphatic hydroxyl groups is 1. The van der Waals surface area contributed by atoms with Gasteiger partial charge in [-0.15, -0.1) is 0 Å². The highest BCUT2D eigenvalue weighted by atomic mass is 16.3. The summed E-state index contributed by atoms with van der Waals surface area (Å²) in [6, 6.07) is 0. The molecular formula is C6H16NO+. The topological polar surface area (TPSA) is 20.2 Å². The van der Waals surface area contributed by atoms with E-state index in [4.69, 9.17) is 5.11 Å². The molecule has 0 saturated heterocycles. The minimum atomic E-state index is -0.250. The fraction of sp³-hybridized carbons (Fsp3) is 1.00. The summed E-state index contributed by atoms with van der Waals surface area (Å²) in [4.78, 5) is 0. The van der Waals surface area contributed by atoms with Crippen LogP contribution in [0.1, 0.15) is 13.8 Å². The Morgan fingerprint density at radius 3 is 1.88 bits per heavy atom. The first-order chi connectivity index (χ1) is 3.50. The molecule has 0 aliphatic rings. The molecule has 50 valence electrons. The predicted molar refractivity (Wildman–Crippen MR) is 34.3 cm³/mol. The summed E-state index contributed by atoms with van der Waals surface area (Å²) < 4.78 is 0.681. The Labute approximate surface area is 51.3 Å². The molecule has 0 rings (SSSR count). The Morgan fingerprint density at radius 1 is 1.50 bits per heavy atom. The molecule has 0 aliphatic carbocycles. The van der Waals surface area contributed by atoms with Crippen molar-refractivity contribution in [2.45, 2.75) is 20.1 Å². The van der Waals surface area contributed by atoms with Crippen molar-refractivity contribution in [1.82, 2.24) is 0 Å². The van der Waals surface area contributed by atoms with Gasteiger partial charge in [0.2, 0.25) is 0 Å². The van der Waals surface area contributed by atoms with Crippen LogP contribution >= 0.6 is 0 Å². The predicted octanol–water partition coefficient (Wildman–Crippen LogP) is 0.421. The van der Waals surface area contributed by atoms with Crippen LogP contribution in [0.5, 0.6) is 0 Å². The summed E-state index contributed by atoms with van der Waals surface area (Å²) >= 11 is 0. The summed E-state index contributed by atoms with van der Waals surface area (Å²) in [5.41, 5.74) is 0. The van der Waals surface area contributed by atoms with E-state index in [0.717, 1.165) is 6.54 Å². The van der Waals surface area contributed by atoms with Gasteiger partial charge in [0.15, 0.2) is 6.23 Å². The lowest BCUT2D eigenvalue weighted by molar-refractivity contribution is -0.932. The molecule has 0 bridgehead atoms. The Morgan fingerprint density at radius 2 is 1.88 bits per heavy atom. The Kier molecular flexibility index (Phi) is 2.44. The molecule has 1 N–H and O–H groups in total. The van der Waals surface area contributed by atoms with Crippen molar-refractivity contribution in [1.29, 1.82) is 0 Å². The summed E-state index contributed by atoms with van der Waals surface area (Å²) in [5.74, 6) is 0. The second-order valence-corrected chi connectivity index (χ2v) is 2.73. The van der Waals surface area contributed by atoms with Gasteiger partial charge < -0.3 is 9.59 Å². The van der Waals surface area contributed by atoms with Crippen LogP contribution < -0.4 is 0 Å². The summed E-state index contributed by atoms with van der Waals surface area (Å²) in [5, 5.41) is 9.05. The molecule has 0 aromatic heterocycles. The molecule has 1 atom stereocenters. The van der Waals surface area contributed by atoms with Crippen LogP contribution in [0.4, 0.5) is 0 Å². The van der Waals surface area contributed by atoms with E-state index in [9.17, 15) is 0 Å². The molecule has 0 aromatic carbocycles. The first-order valence-corrected chi connectivity index (χ1v) is 3.01. The number of hydrogen-bond acceptors (Lipinski definition) is 1. The summed E-state index contributed by atoms with van der Waals surface area (Å²) in [7, 11) is 4.01. The van der Waals surface area contributed by atoms with Gasteiger partial charge in [-0.1, -0.05) is 0 Å². The third-order valence-electron chi connectivity index (χ3n) is 1.83. The lowest BCUT2D eigenvalue weighted by Crippen LogP contribution is -2.46. The van der Waals surface area contributed by atoms with Crippen LogP contribution in [0.15, 0.2) is 0 Å². The molecule has 2 nitrogen and oxygen atoms in total. The van der Waals surface area contributed by atoms with Gasteiger partial charge in [0, 0.05) is 6.92 Å². The maximum absolute atomic E-state index is 9.05. The third kappa shape index (κ3) is 1.80. The minimum absolute atomic E-state index is 0.250. The van der Waals surface area contributed by atoms with Gasteiger partial charge in [-0.2, -0.15) is 0 Å². The molecule has 0 saturated carbocycles. The molecule has 0 amide bonds.